The van der Waals surface area contributed by atoms with Crippen molar-refractivity contribution in [2.75, 3.05) is 0 Å². The first-order valence-electron chi connectivity index (χ1n) is 6.26. The highest BCUT2D eigenvalue weighted by Crippen LogP contribution is 2.38. The summed E-state index contributed by atoms with van der Waals surface area (Å²) < 4.78 is 52.2. The quantitative estimate of drug-likeness (QED) is 0.472. The number of benzene rings is 1. The lowest BCUT2D eigenvalue weighted by molar-refractivity contribution is 0.0288. The van der Waals surface area contributed by atoms with Crippen LogP contribution in [0.4, 0.5) is 13.2 Å². The van der Waals surface area contributed by atoms with Crippen molar-refractivity contribution < 1.29 is 22.5 Å². The Balaban J connectivity index is 2.48. The molecule has 1 aromatic rings. The molecular formula is C14H16BF3O2. The summed E-state index contributed by atoms with van der Waals surface area (Å²) in [5.41, 5.74) is -2.18. The molecular weight excluding hydrogens is 268 g/mol. The van der Waals surface area contributed by atoms with Crippen LogP contribution in [0.1, 0.15) is 26.3 Å². The van der Waals surface area contributed by atoms with Crippen molar-refractivity contribution >= 4 is 12.6 Å². The smallest absolute Gasteiger partial charge is 0.399 e. The second-order valence-corrected chi connectivity index (χ2v) is 5.59. The molecule has 6 heteroatoms. The molecule has 0 saturated carbocycles. The van der Waals surface area contributed by atoms with Crippen LogP contribution in [0.2, 0.25) is 0 Å². The van der Waals surface area contributed by atoms with Crippen molar-refractivity contribution in [3.63, 3.8) is 0 Å². The van der Waals surface area contributed by atoms with E-state index in [-0.39, 0.29) is 5.46 Å². The Bertz CT molecular complexity index is 574. The normalized spacial score (nSPS) is 25.1. The van der Waals surface area contributed by atoms with Gasteiger partial charge in [0.25, 0.3) is 0 Å². The molecule has 1 heterocycles. The molecule has 0 aromatic heterocycles. The molecule has 20 heavy (non-hydrogen) atoms. The molecule has 1 atom stereocenters. The van der Waals surface area contributed by atoms with Gasteiger partial charge in [0, 0.05) is 11.0 Å². The summed E-state index contributed by atoms with van der Waals surface area (Å²) in [5, 5.41) is 0. The molecule has 0 bridgehead atoms. The summed E-state index contributed by atoms with van der Waals surface area (Å²) >= 11 is 0. The average molecular weight is 284 g/mol. The van der Waals surface area contributed by atoms with E-state index in [1.54, 1.807) is 26.8 Å². The van der Waals surface area contributed by atoms with Gasteiger partial charge in [-0.05, 0) is 33.8 Å². The molecule has 1 aromatic carbocycles. The van der Waals surface area contributed by atoms with Crippen LogP contribution >= 0.6 is 0 Å². The molecule has 108 valence electrons. The van der Waals surface area contributed by atoms with Gasteiger partial charge < -0.3 is 9.31 Å². The van der Waals surface area contributed by atoms with Crippen molar-refractivity contribution in [3.05, 3.63) is 41.7 Å². The van der Waals surface area contributed by atoms with E-state index in [0.717, 1.165) is 6.07 Å². The number of rotatable bonds is 2. The van der Waals surface area contributed by atoms with Crippen molar-refractivity contribution in [2.24, 2.45) is 0 Å². The van der Waals surface area contributed by atoms with Crippen LogP contribution in [-0.2, 0) is 9.31 Å². The Morgan fingerprint density at radius 2 is 1.75 bits per heavy atom. The first-order valence-corrected chi connectivity index (χ1v) is 6.26. The molecule has 0 radical (unpaired) electrons. The molecule has 1 aliphatic heterocycles. The fraction of sp³-hybridized carbons (Fsp3) is 0.429. The fourth-order valence-electron chi connectivity index (χ4n) is 2.12. The topological polar surface area (TPSA) is 18.5 Å². The third-order valence-corrected chi connectivity index (χ3v) is 4.00. The highest BCUT2D eigenvalue weighted by Gasteiger charge is 2.54. The van der Waals surface area contributed by atoms with Gasteiger partial charge in [0.1, 0.15) is 5.82 Å². The lowest BCUT2D eigenvalue weighted by Crippen LogP contribution is -2.42. The molecule has 0 N–H and O–H groups in total. The van der Waals surface area contributed by atoms with Crippen LogP contribution in [0.25, 0.3) is 0 Å². The predicted octanol–water partition coefficient (Wildman–Crippen LogP) is 2.88. The second-order valence-electron chi connectivity index (χ2n) is 5.59. The van der Waals surface area contributed by atoms with E-state index in [1.165, 1.54) is 6.92 Å². The first kappa shape index (κ1) is 15.1. The van der Waals surface area contributed by atoms with Crippen molar-refractivity contribution in [3.8, 4) is 0 Å². The van der Waals surface area contributed by atoms with E-state index in [9.17, 15) is 13.2 Å². The zero-order valence-corrected chi connectivity index (χ0v) is 11.9. The van der Waals surface area contributed by atoms with E-state index >= 15 is 0 Å². The number of halogens is 3. The standard InChI is InChI=1S/C14H16BF3O2/c1-6-14(5)13(3,4)19-15(20-14)9-7-10(16)12(18)8(2)11(9)17/h6-7H,1H2,2-5H3. The summed E-state index contributed by atoms with van der Waals surface area (Å²) in [7, 11) is -1.11. The average Bonchev–Trinajstić information content (AvgIpc) is 2.62. The van der Waals surface area contributed by atoms with Gasteiger partial charge in [0.15, 0.2) is 11.6 Å². The minimum atomic E-state index is -1.20. The van der Waals surface area contributed by atoms with E-state index in [0.29, 0.717) is 0 Å². The molecule has 0 spiro atoms. The fourth-order valence-corrected chi connectivity index (χ4v) is 2.12. The molecule has 0 amide bonds. The van der Waals surface area contributed by atoms with Crippen LogP contribution in [0.3, 0.4) is 0 Å². The SMILES string of the molecule is C=CC1(C)OB(c2cc(F)c(F)c(C)c2F)OC1(C)C. The highest BCUT2D eigenvalue weighted by atomic mass is 19.2. The Morgan fingerprint density at radius 3 is 2.25 bits per heavy atom. The molecule has 1 aliphatic rings. The summed E-state index contributed by atoms with van der Waals surface area (Å²) in [6.07, 6.45) is 1.55. The van der Waals surface area contributed by atoms with Gasteiger partial charge in [0.2, 0.25) is 0 Å². The highest BCUT2D eigenvalue weighted by molar-refractivity contribution is 6.62. The lowest BCUT2D eigenvalue weighted by atomic mass is 9.77. The van der Waals surface area contributed by atoms with Crippen molar-refractivity contribution in [1.29, 1.82) is 0 Å². The van der Waals surface area contributed by atoms with Gasteiger partial charge in [-0.3, -0.25) is 0 Å². The maximum atomic E-state index is 14.1. The van der Waals surface area contributed by atoms with Crippen molar-refractivity contribution in [2.45, 2.75) is 38.9 Å². The molecule has 2 rings (SSSR count). The zero-order valence-electron chi connectivity index (χ0n) is 11.9. The second kappa shape index (κ2) is 4.64. The third-order valence-electron chi connectivity index (χ3n) is 4.00. The first-order chi connectivity index (χ1) is 9.13. The Kier molecular flexibility index (Phi) is 3.51. The van der Waals surface area contributed by atoms with E-state index in [4.69, 9.17) is 9.31 Å². The summed E-state index contributed by atoms with van der Waals surface area (Å²) in [6.45, 7) is 10.1. The zero-order chi connectivity index (χ0) is 15.3. The van der Waals surface area contributed by atoms with Gasteiger partial charge in [-0.2, -0.15) is 0 Å². The van der Waals surface area contributed by atoms with E-state index < -0.39 is 41.3 Å². The summed E-state index contributed by atoms with van der Waals surface area (Å²) in [6, 6.07) is 0.771. The van der Waals surface area contributed by atoms with Gasteiger partial charge in [-0.15, -0.1) is 6.58 Å². The third kappa shape index (κ3) is 2.07. The molecule has 0 aliphatic carbocycles. The van der Waals surface area contributed by atoms with Crippen molar-refractivity contribution in [1.82, 2.24) is 0 Å². The number of hydrogen-bond acceptors (Lipinski definition) is 2. The molecule has 1 unspecified atom stereocenters. The van der Waals surface area contributed by atoms with Gasteiger partial charge in [-0.1, -0.05) is 6.08 Å². The summed E-state index contributed by atoms with van der Waals surface area (Å²) in [4.78, 5) is 0. The predicted molar refractivity (Wildman–Crippen MR) is 71.3 cm³/mol. The number of hydrogen-bond donors (Lipinski definition) is 0. The maximum absolute atomic E-state index is 14.1. The molecule has 1 fully saturated rings. The van der Waals surface area contributed by atoms with E-state index in [1.807, 2.05) is 0 Å². The Morgan fingerprint density at radius 1 is 1.15 bits per heavy atom. The van der Waals surface area contributed by atoms with Crippen LogP contribution in [-0.4, -0.2) is 18.3 Å². The van der Waals surface area contributed by atoms with Gasteiger partial charge in [-0.25, -0.2) is 13.2 Å². The van der Waals surface area contributed by atoms with Crippen LogP contribution in [0.15, 0.2) is 18.7 Å². The van der Waals surface area contributed by atoms with Gasteiger partial charge >= 0.3 is 7.12 Å². The minimum absolute atomic E-state index is 0.153. The van der Waals surface area contributed by atoms with Crippen LogP contribution < -0.4 is 5.46 Å². The Hall–Kier alpha value is -1.27. The monoisotopic (exact) mass is 284 g/mol. The summed E-state index contributed by atoms with van der Waals surface area (Å²) in [5.74, 6) is -3.19. The Labute approximate surface area is 116 Å². The van der Waals surface area contributed by atoms with Crippen LogP contribution in [0, 0.1) is 24.4 Å². The largest absolute Gasteiger partial charge is 0.498 e. The molecule has 2 nitrogen and oxygen atoms in total. The minimum Gasteiger partial charge on any atom is -0.399 e. The lowest BCUT2D eigenvalue weighted by Gasteiger charge is -2.33. The van der Waals surface area contributed by atoms with Crippen LogP contribution in [0.5, 0.6) is 0 Å². The van der Waals surface area contributed by atoms with Gasteiger partial charge in [0.05, 0.1) is 11.2 Å². The van der Waals surface area contributed by atoms with E-state index in [2.05, 4.69) is 6.58 Å². The molecule has 1 saturated heterocycles. The maximum Gasteiger partial charge on any atom is 0.498 e.